The lowest BCUT2D eigenvalue weighted by atomic mass is 9.89. The number of hydrogen-bond acceptors (Lipinski definition) is 2. The summed E-state index contributed by atoms with van der Waals surface area (Å²) in [5.41, 5.74) is 1.39. The van der Waals surface area contributed by atoms with Crippen LogP contribution in [0.15, 0.2) is 24.3 Å². The molecule has 0 radical (unpaired) electrons. The summed E-state index contributed by atoms with van der Waals surface area (Å²) < 4.78 is 5.60. The van der Waals surface area contributed by atoms with Gasteiger partial charge < -0.3 is 10.1 Å². The lowest BCUT2D eigenvalue weighted by Crippen LogP contribution is -2.24. The van der Waals surface area contributed by atoms with Crippen LogP contribution in [-0.2, 0) is 0 Å². The highest BCUT2D eigenvalue weighted by Gasteiger charge is 2.13. The fraction of sp³-hybridized carbons (Fsp3) is 0.625. The molecule has 1 aromatic carbocycles. The highest BCUT2D eigenvalue weighted by atomic mass is 16.5. The van der Waals surface area contributed by atoms with Crippen molar-refractivity contribution in [2.75, 3.05) is 19.7 Å². The Hall–Kier alpha value is -1.02. The molecule has 0 aliphatic heterocycles. The van der Waals surface area contributed by atoms with E-state index in [1.54, 1.807) is 0 Å². The van der Waals surface area contributed by atoms with Crippen molar-refractivity contribution in [1.29, 1.82) is 0 Å². The van der Waals surface area contributed by atoms with Crippen molar-refractivity contribution in [3.8, 4) is 5.75 Å². The maximum atomic E-state index is 5.60. The predicted octanol–water partition coefficient (Wildman–Crippen LogP) is 3.82. The summed E-state index contributed by atoms with van der Waals surface area (Å²) >= 11 is 0. The topological polar surface area (TPSA) is 21.3 Å². The average molecular weight is 249 g/mol. The van der Waals surface area contributed by atoms with Crippen LogP contribution < -0.4 is 10.1 Å². The normalized spacial score (nSPS) is 14.2. The van der Waals surface area contributed by atoms with Gasteiger partial charge in [0.25, 0.3) is 0 Å². The number of nitrogens with one attached hydrogen (secondary N) is 1. The van der Waals surface area contributed by atoms with E-state index in [9.17, 15) is 0 Å². The van der Waals surface area contributed by atoms with E-state index in [-0.39, 0.29) is 0 Å². The zero-order chi connectivity index (χ0) is 13.4. The van der Waals surface area contributed by atoms with E-state index in [0.29, 0.717) is 11.8 Å². The molecule has 1 aromatic rings. The Morgan fingerprint density at radius 2 is 1.78 bits per heavy atom. The van der Waals surface area contributed by atoms with E-state index >= 15 is 0 Å². The molecule has 2 heteroatoms. The molecule has 1 N–H and O–H groups in total. The molecule has 0 aliphatic carbocycles. The minimum atomic E-state index is 0.573. The standard InChI is InChI=1S/C16H27NO/c1-5-11-18-16-9-7-15(8-10-16)14(4)13(3)12-17-6-2/h7-10,13-14,17H,5-6,11-12H2,1-4H3. The van der Waals surface area contributed by atoms with E-state index in [1.807, 2.05) is 0 Å². The largest absolute Gasteiger partial charge is 0.494 e. The molecule has 18 heavy (non-hydrogen) atoms. The molecule has 0 spiro atoms. The predicted molar refractivity (Wildman–Crippen MR) is 78.4 cm³/mol. The van der Waals surface area contributed by atoms with Gasteiger partial charge in [0.2, 0.25) is 0 Å². The fourth-order valence-electron chi connectivity index (χ4n) is 1.96. The summed E-state index contributed by atoms with van der Waals surface area (Å²) in [6.45, 7) is 11.8. The maximum absolute atomic E-state index is 5.60. The van der Waals surface area contributed by atoms with Crippen LogP contribution in [-0.4, -0.2) is 19.7 Å². The van der Waals surface area contributed by atoms with Crippen molar-refractivity contribution in [3.05, 3.63) is 29.8 Å². The van der Waals surface area contributed by atoms with Crippen molar-refractivity contribution in [3.63, 3.8) is 0 Å². The van der Waals surface area contributed by atoms with Crippen molar-refractivity contribution in [2.24, 2.45) is 5.92 Å². The monoisotopic (exact) mass is 249 g/mol. The average Bonchev–Trinajstić information content (AvgIpc) is 2.42. The lowest BCUT2D eigenvalue weighted by Gasteiger charge is -2.20. The molecule has 0 saturated heterocycles. The molecule has 2 nitrogen and oxygen atoms in total. The Morgan fingerprint density at radius 3 is 2.33 bits per heavy atom. The van der Waals surface area contributed by atoms with E-state index in [1.165, 1.54) is 5.56 Å². The zero-order valence-corrected chi connectivity index (χ0v) is 12.2. The Kier molecular flexibility index (Phi) is 6.81. The summed E-state index contributed by atoms with van der Waals surface area (Å²) in [5.74, 6) is 2.20. The van der Waals surface area contributed by atoms with Gasteiger partial charge in [-0.2, -0.15) is 0 Å². The molecule has 102 valence electrons. The second-order valence-corrected chi connectivity index (χ2v) is 4.99. The first-order valence-corrected chi connectivity index (χ1v) is 7.12. The van der Waals surface area contributed by atoms with Crippen LogP contribution in [0, 0.1) is 5.92 Å². The molecular formula is C16H27NO. The molecule has 0 aromatic heterocycles. The Bertz CT molecular complexity index is 320. The molecule has 0 amide bonds. The highest BCUT2D eigenvalue weighted by Crippen LogP contribution is 2.25. The molecule has 2 unspecified atom stereocenters. The van der Waals surface area contributed by atoms with Crippen LogP contribution in [0.1, 0.15) is 45.6 Å². The van der Waals surface area contributed by atoms with E-state index in [0.717, 1.165) is 31.9 Å². The number of ether oxygens (including phenoxy) is 1. The molecule has 0 saturated carbocycles. The van der Waals surface area contributed by atoms with Gasteiger partial charge in [0.05, 0.1) is 6.61 Å². The van der Waals surface area contributed by atoms with E-state index in [4.69, 9.17) is 4.74 Å². The van der Waals surface area contributed by atoms with Gasteiger partial charge in [-0.1, -0.05) is 39.8 Å². The molecule has 0 heterocycles. The SMILES string of the molecule is CCCOc1ccc(C(C)C(C)CNCC)cc1. The number of rotatable bonds is 8. The van der Waals surface area contributed by atoms with E-state index in [2.05, 4.69) is 57.3 Å². The Balaban J connectivity index is 2.55. The summed E-state index contributed by atoms with van der Waals surface area (Å²) in [6, 6.07) is 8.55. The molecular weight excluding hydrogens is 222 g/mol. The number of benzene rings is 1. The fourth-order valence-corrected chi connectivity index (χ4v) is 1.96. The summed E-state index contributed by atoms with van der Waals surface area (Å²) in [7, 11) is 0. The van der Waals surface area contributed by atoms with Crippen molar-refractivity contribution < 1.29 is 4.74 Å². The second-order valence-electron chi connectivity index (χ2n) is 4.99. The third-order valence-corrected chi connectivity index (χ3v) is 3.45. The quantitative estimate of drug-likeness (QED) is 0.756. The van der Waals surface area contributed by atoms with Gasteiger partial charge in [0.15, 0.2) is 0 Å². The minimum Gasteiger partial charge on any atom is -0.494 e. The smallest absolute Gasteiger partial charge is 0.119 e. The second kappa shape index (κ2) is 8.15. The van der Waals surface area contributed by atoms with Crippen LogP contribution in [0.2, 0.25) is 0 Å². The summed E-state index contributed by atoms with van der Waals surface area (Å²) in [6.07, 6.45) is 1.05. The van der Waals surface area contributed by atoms with Gasteiger partial charge in [0, 0.05) is 0 Å². The van der Waals surface area contributed by atoms with Gasteiger partial charge in [-0.3, -0.25) is 0 Å². The maximum Gasteiger partial charge on any atom is 0.119 e. The van der Waals surface area contributed by atoms with Crippen LogP contribution >= 0.6 is 0 Å². The van der Waals surface area contributed by atoms with Gasteiger partial charge in [-0.05, 0) is 49.0 Å². The van der Waals surface area contributed by atoms with Crippen LogP contribution in [0.5, 0.6) is 5.75 Å². The molecule has 0 bridgehead atoms. The molecule has 0 fully saturated rings. The Labute approximate surface area is 112 Å². The third kappa shape index (κ3) is 4.69. The first-order chi connectivity index (χ1) is 8.69. The molecule has 0 aliphatic rings. The Morgan fingerprint density at radius 1 is 1.11 bits per heavy atom. The lowest BCUT2D eigenvalue weighted by molar-refractivity contribution is 0.317. The van der Waals surface area contributed by atoms with Gasteiger partial charge in [0.1, 0.15) is 5.75 Å². The van der Waals surface area contributed by atoms with Crippen LogP contribution in [0.3, 0.4) is 0 Å². The summed E-state index contributed by atoms with van der Waals surface area (Å²) in [5, 5.41) is 3.41. The van der Waals surface area contributed by atoms with Crippen molar-refractivity contribution >= 4 is 0 Å². The summed E-state index contributed by atoms with van der Waals surface area (Å²) in [4.78, 5) is 0. The highest BCUT2D eigenvalue weighted by molar-refractivity contribution is 5.29. The third-order valence-electron chi connectivity index (χ3n) is 3.45. The van der Waals surface area contributed by atoms with Crippen LogP contribution in [0.25, 0.3) is 0 Å². The molecule has 2 atom stereocenters. The molecule has 1 rings (SSSR count). The van der Waals surface area contributed by atoms with Crippen LogP contribution in [0.4, 0.5) is 0 Å². The zero-order valence-electron chi connectivity index (χ0n) is 12.2. The number of hydrogen-bond donors (Lipinski definition) is 1. The van der Waals surface area contributed by atoms with Crippen molar-refractivity contribution in [2.45, 2.75) is 40.0 Å². The first kappa shape index (κ1) is 15.0. The van der Waals surface area contributed by atoms with Gasteiger partial charge >= 0.3 is 0 Å². The van der Waals surface area contributed by atoms with E-state index < -0.39 is 0 Å². The van der Waals surface area contributed by atoms with Gasteiger partial charge in [-0.15, -0.1) is 0 Å². The first-order valence-electron chi connectivity index (χ1n) is 7.12. The minimum absolute atomic E-state index is 0.573. The van der Waals surface area contributed by atoms with Gasteiger partial charge in [-0.25, -0.2) is 0 Å². The van der Waals surface area contributed by atoms with Crippen molar-refractivity contribution in [1.82, 2.24) is 5.32 Å².